The van der Waals surface area contributed by atoms with E-state index in [0.717, 1.165) is 35.0 Å². The molecule has 2 aromatic rings. The molecule has 0 saturated carbocycles. The Kier molecular flexibility index (Phi) is 5.27. The van der Waals surface area contributed by atoms with Crippen LogP contribution in [0.1, 0.15) is 33.1 Å². The van der Waals surface area contributed by atoms with E-state index in [1.807, 2.05) is 24.0 Å². The van der Waals surface area contributed by atoms with Gasteiger partial charge in [-0.2, -0.15) is 0 Å². The zero-order chi connectivity index (χ0) is 18.0. The maximum absolute atomic E-state index is 12.6. The van der Waals surface area contributed by atoms with Crippen LogP contribution in [0.3, 0.4) is 0 Å². The maximum Gasteiger partial charge on any atom is 0.223 e. The van der Waals surface area contributed by atoms with Crippen molar-refractivity contribution in [1.82, 2.24) is 9.88 Å². The molecule has 1 amide bonds. The lowest BCUT2D eigenvalue weighted by molar-refractivity contribution is -0.132. The molecular formula is C19H24N2O3S. The summed E-state index contributed by atoms with van der Waals surface area (Å²) in [4.78, 5) is 20.3. The summed E-state index contributed by atoms with van der Waals surface area (Å²) in [6, 6.07) is 4.01. The smallest absolute Gasteiger partial charge is 0.223 e. The van der Waals surface area contributed by atoms with Crippen LogP contribution in [-0.2, 0) is 24.2 Å². The number of benzene rings is 1. The number of fused-ring (bicyclic) bond motifs is 1. The molecule has 0 saturated heterocycles. The van der Waals surface area contributed by atoms with Crippen molar-refractivity contribution in [2.24, 2.45) is 0 Å². The molecule has 3 rings (SSSR count). The number of rotatable bonds is 5. The fourth-order valence-electron chi connectivity index (χ4n) is 3.11. The van der Waals surface area contributed by atoms with E-state index in [1.165, 1.54) is 10.4 Å². The van der Waals surface area contributed by atoms with Crippen molar-refractivity contribution in [1.29, 1.82) is 0 Å². The number of amides is 1. The average Bonchev–Trinajstić information content (AvgIpc) is 2.95. The van der Waals surface area contributed by atoms with E-state index in [0.29, 0.717) is 25.1 Å². The third-order valence-electron chi connectivity index (χ3n) is 4.70. The number of carbonyl (C=O) groups is 1. The van der Waals surface area contributed by atoms with Crippen molar-refractivity contribution in [2.75, 3.05) is 20.8 Å². The van der Waals surface area contributed by atoms with E-state index in [9.17, 15) is 4.79 Å². The van der Waals surface area contributed by atoms with Gasteiger partial charge in [-0.15, -0.1) is 11.3 Å². The molecule has 0 bridgehead atoms. The van der Waals surface area contributed by atoms with Crippen LogP contribution in [0.15, 0.2) is 12.1 Å². The van der Waals surface area contributed by atoms with Gasteiger partial charge in [-0.1, -0.05) is 0 Å². The van der Waals surface area contributed by atoms with Crippen LogP contribution in [0.25, 0.3) is 0 Å². The fourth-order valence-corrected chi connectivity index (χ4v) is 4.05. The summed E-state index contributed by atoms with van der Waals surface area (Å²) in [5, 5.41) is 1.05. The Hall–Kier alpha value is -2.08. The molecule has 1 aliphatic rings. The summed E-state index contributed by atoms with van der Waals surface area (Å²) in [6.07, 6.45) is 2.07. The predicted molar refractivity (Wildman–Crippen MR) is 98.6 cm³/mol. The standard InChI is InChI=1S/C19H24N2O3S/c1-12-13(2)25-18(20-12)5-6-19(22)21-8-7-14-9-16(23-3)17(24-4)10-15(14)11-21/h9-10H,5-8,11H2,1-4H3. The van der Waals surface area contributed by atoms with E-state index in [4.69, 9.17) is 9.47 Å². The summed E-state index contributed by atoms with van der Waals surface area (Å²) in [5.74, 6) is 1.64. The average molecular weight is 360 g/mol. The van der Waals surface area contributed by atoms with Gasteiger partial charge < -0.3 is 14.4 Å². The number of methoxy groups -OCH3 is 2. The number of hydrogen-bond acceptors (Lipinski definition) is 5. The molecule has 0 unspecified atom stereocenters. The van der Waals surface area contributed by atoms with Crippen LogP contribution in [0.4, 0.5) is 0 Å². The quantitative estimate of drug-likeness (QED) is 0.821. The van der Waals surface area contributed by atoms with Crippen molar-refractivity contribution < 1.29 is 14.3 Å². The lowest BCUT2D eigenvalue weighted by Gasteiger charge is -2.29. The molecule has 0 N–H and O–H groups in total. The van der Waals surface area contributed by atoms with E-state index < -0.39 is 0 Å². The minimum Gasteiger partial charge on any atom is -0.493 e. The third-order valence-corrected chi connectivity index (χ3v) is 5.83. The van der Waals surface area contributed by atoms with Crippen LogP contribution in [-0.4, -0.2) is 36.6 Å². The summed E-state index contributed by atoms with van der Waals surface area (Å²) < 4.78 is 10.7. The Morgan fingerprint density at radius 1 is 1.20 bits per heavy atom. The highest BCUT2D eigenvalue weighted by Crippen LogP contribution is 2.33. The van der Waals surface area contributed by atoms with Gasteiger partial charge in [0.15, 0.2) is 11.5 Å². The summed E-state index contributed by atoms with van der Waals surface area (Å²) >= 11 is 1.69. The molecule has 0 aliphatic carbocycles. The Labute approximate surface area is 152 Å². The normalized spacial score (nSPS) is 13.5. The van der Waals surface area contributed by atoms with Crippen LogP contribution in [0.5, 0.6) is 11.5 Å². The zero-order valence-corrected chi connectivity index (χ0v) is 16.0. The molecule has 134 valence electrons. The SMILES string of the molecule is COc1cc2c(cc1OC)CN(C(=O)CCc1nc(C)c(C)s1)CC2. The molecule has 0 atom stereocenters. The minimum absolute atomic E-state index is 0.186. The number of thiazole rings is 1. The maximum atomic E-state index is 12.6. The van der Waals surface area contributed by atoms with Gasteiger partial charge in [0.2, 0.25) is 5.91 Å². The molecule has 1 aliphatic heterocycles. The lowest BCUT2D eigenvalue weighted by Crippen LogP contribution is -2.36. The molecule has 0 fully saturated rings. The number of hydrogen-bond donors (Lipinski definition) is 0. The highest BCUT2D eigenvalue weighted by atomic mass is 32.1. The van der Waals surface area contributed by atoms with E-state index >= 15 is 0 Å². The number of ether oxygens (including phenoxy) is 2. The van der Waals surface area contributed by atoms with Crippen LogP contribution in [0, 0.1) is 13.8 Å². The highest BCUT2D eigenvalue weighted by molar-refractivity contribution is 7.11. The molecule has 0 spiro atoms. The Morgan fingerprint density at radius 3 is 2.48 bits per heavy atom. The summed E-state index contributed by atoms with van der Waals surface area (Å²) in [6.45, 7) is 5.46. The van der Waals surface area contributed by atoms with Gasteiger partial charge in [0.1, 0.15) is 0 Å². The van der Waals surface area contributed by atoms with E-state index in [2.05, 4.69) is 11.9 Å². The highest BCUT2D eigenvalue weighted by Gasteiger charge is 2.23. The first-order valence-electron chi connectivity index (χ1n) is 8.46. The molecule has 1 aromatic heterocycles. The second-order valence-electron chi connectivity index (χ2n) is 6.29. The first kappa shape index (κ1) is 17.7. The van der Waals surface area contributed by atoms with Crippen molar-refractivity contribution >= 4 is 17.2 Å². The van der Waals surface area contributed by atoms with Crippen LogP contribution < -0.4 is 9.47 Å². The topological polar surface area (TPSA) is 51.7 Å². The van der Waals surface area contributed by atoms with Crippen LogP contribution in [0.2, 0.25) is 0 Å². The van der Waals surface area contributed by atoms with Crippen LogP contribution >= 0.6 is 11.3 Å². The number of aromatic nitrogens is 1. The lowest BCUT2D eigenvalue weighted by atomic mass is 9.98. The molecular weight excluding hydrogens is 336 g/mol. The van der Waals surface area contributed by atoms with Gasteiger partial charge in [-0.25, -0.2) is 4.98 Å². The van der Waals surface area contributed by atoms with E-state index in [1.54, 1.807) is 25.6 Å². The van der Waals surface area contributed by atoms with Crippen molar-refractivity contribution in [3.05, 3.63) is 38.8 Å². The van der Waals surface area contributed by atoms with Gasteiger partial charge in [0.25, 0.3) is 0 Å². The minimum atomic E-state index is 0.186. The summed E-state index contributed by atoms with van der Waals surface area (Å²) in [7, 11) is 3.28. The fraction of sp³-hybridized carbons (Fsp3) is 0.474. The number of aryl methyl sites for hydroxylation is 3. The second-order valence-corrected chi connectivity index (χ2v) is 7.58. The summed E-state index contributed by atoms with van der Waals surface area (Å²) in [5.41, 5.74) is 3.44. The molecule has 2 heterocycles. The Morgan fingerprint density at radius 2 is 1.88 bits per heavy atom. The molecule has 25 heavy (non-hydrogen) atoms. The predicted octanol–water partition coefficient (Wildman–Crippen LogP) is 3.29. The molecule has 5 nitrogen and oxygen atoms in total. The number of carbonyl (C=O) groups excluding carboxylic acids is 1. The van der Waals surface area contributed by atoms with Gasteiger partial charge >= 0.3 is 0 Å². The Bertz CT molecular complexity index is 766. The van der Waals surface area contributed by atoms with Gasteiger partial charge in [-0.05, 0) is 43.5 Å². The van der Waals surface area contributed by atoms with Crippen molar-refractivity contribution in [3.63, 3.8) is 0 Å². The monoisotopic (exact) mass is 360 g/mol. The third kappa shape index (κ3) is 3.79. The van der Waals surface area contributed by atoms with Gasteiger partial charge in [0.05, 0.1) is 24.9 Å². The van der Waals surface area contributed by atoms with E-state index in [-0.39, 0.29) is 5.91 Å². The first-order valence-corrected chi connectivity index (χ1v) is 9.28. The molecule has 1 aromatic carbocycles. The largest absolute Gasteiger partial charge is 0.493 e. The molecule has 0 radical (unpaired) electrons. The van der Waals surface area contributed by atoms with Gasteiger partial charge in [0, 0.05) is 30.8 Å². The first-order chi connectivity index (χ1) is 12.0. The Balaban J connectivity index is 1.66. The van der Waals surface area contributed by atoms with Crippen molar-refractivity contribution in [3.8, 4) is 11.5 Å². The zero-order valence-electron chi connectivity index (χ0n) is 15.2. The van der Waals surface area contributed by atoms with Crippen molar-refractivity contribution in [2.45, 2.75) is 39.7 Å². The second kappa shape index (κ2) is 7.44. The van der Waals surface area contributed by atoms with Gasteiger partial charge in [-0.3, -0.25) is 4.79 Å². The molecule has 6 heteroatoms. The number of nitrogens with zero attached hydrogens (tertiary/aromatic N) is 2.